The summed E-state index contributed by atoms with van der Waals surface area (Å²) in [5.74, 6) is 1.15. The van der Waals surface area contributed by atoms with Gasteiger partial charge in [0.1, 0.15) is 0 Å². The summed E-state index contributed by atoms with van der Waals surface area (Å²) in [6.07, 6.45) is 2.25. The van der Waals surface area contributed by atoms with E-state index in [2.05, 4.69) is 71.8 Å². The van der Waals surface area contributed by atoms with Gasteiger partial charge in [-0.1, -0.05) is 54.6 Å². The van der Waals surface area contributed by atoms with E-state index < -0.39 is 0 Å². The van der Waals surface area contributed by atoms with Crippen molar-refractivity contribution < 1.29 is 0 Å². The molecule has 0 spiro atoms. The van der Waals surface area contributed by atoms with Gasteiger partial charge in [-0.05, 0) is 30.0 Å². The van der Waals surface area contributed by atoms with Crippen molar-refractivity contribution in [1.29, 1.82) is 0 Å². The first-order chi connectivity index (χ1) is 9.83. The predicted octanol–water partition coefficient (Wildman–Crippen LogP) is 4.45. The maximum absolute atomic E-state index is 4.61. The Morgan fingerprint density at radius 3 is 2.48 bits per heavy atom. The molecule has 0 saturated carbocycles. The van der Waals surface area contributed by atoms with Gasteiger partial charge in [0.2, 0.25) is 0 Å². The second kappa shape index (κ2) is 7.28. The molecule has 0 radical (unpaired) electrons. The SMILES string of the molecule is CC1CCC(NCc2ccccc2-c2ccccc2)=N1.Cl. The van der Waals surface area contributed by atoms with Gasteiger partial charge in [0.15, 0.2) is 0 Å². The van der Waals surface area contributed by atoms with Crippen molar-refractivity contribution in [3.63, 3.8) is 0 Å². The van der Waals surface area contributed by atoms with Crippen LogP contribution in [0.15, 0.2) is 59.6 Å². The van der Waals surface area contributed by atoms with Crippen molar-refractivity contribution >= 4 is 18.2 Å². The first kappa shape index (κ1) is 15.6. The second-order valence-corrected chi connectivity index (χ2v) is 5.34. The maximum atomic E-state index is 4.61. The van der Waals surface area contributed by atoms with Crippen LogP contribution in [0.4, 0.5) is 0 Å². The molecule has 3 heteroatoms. The quantitative estimate of drug-likeness (QED) is 0.890. The number of amidine groups is 1. The van der Waals surface area contributed by atoms with Crippen molar-refractivity contribution in [2.75, 3.05) is 0 Å². The molecule has 1 N–H and O–H groups in total. The monoisotopic (exact) mass is 300 g/mol. The van der Waals surface area contributed by atoms with Crippen LogP contribution in [0.3, 0.4) is 0 Å². The molecule has 3 rings (SSSR count). The summed E-state index contributed by atoms with van der Waals surface area (Å²) in [6, 6.07) is 19.6. The zero-order valence-electron chi connectivity index (χ0n) is 12.3. The van der Waals surface area contributed by atoms with Crippen LogP contribution < -0.4 is 5.32 Å². The summed E-state index contributed by atoms with van der Waals surface area (Å²) < 4.78 is 0. The fraction of sp³-hybridized carbons (Fsp3) is 0.278. The average Bonchev–Trinajstić information content (AvgIpc) is 2.92. The third-order valence-corrected chi connectivity index (χ3v) is 3.76. The number of benzene rings is 2. The summed E-state index contributed by atoms with van der Waals surface area (Å²) in [6.45, 7) is 3.02. The lowest BCUT2D eigenvalue weighted by Gasteiger charge is -2.11. The molecule has 0 bridgehead atoms. The maximum Gasteiger partial charge on any atom is 0.0969 e. The van der Waals surface area contributed by atoms with Crippen LogP contribution in [0.5, 0.6) is 0 Å². The third kappa shape index (κ3) is 3.85. The molecule has 0 aromatic heterocycles. The highest BCUT2D eigenvalue weighted by Gasteiger charge is 2.13. The van der Waals surface area contributed by atoms with E-state index in [1.807, 2.05) is 0 Å². The van der Waals surface area contributed by atoms with Crippen LogP contribution >= 0.6 is 12.4 Å². The lowest BCUT2D eigenvalue weighted by atomic mass is 10.00. The van der Waals surface area contributed by atoms with Crippen LogP contribution in [0.2, 0.25) is 0 Å². The number of hydrogen-bond acceptors (Lipinski definition) is 2. The number of halogens is 1. The van der Waals surface area contributed by atoms with Gasteiger partial charge >= 0.3 is 0 Å². The summed E-state index contributed by atoms with van der Waals surface area (Å²) in [5.41, 5.74) is 3.89. The lowest BCUT2D eigenvalue weighted by molar-refractivity contribution is 0.738. The molecule has 0 saturated heterocycles. The number of rotatable bonds is 3. The molecular formula is C18H21ClN2. The molecule has 1 aliphatic rings. The third-order valence-electron chi connectivity index (χ3n) is 3.76. The molecule has 0 aliphatic carbocycles. The van der Waals surface area contributed by atoms with Crippen LogP contribution in [-0.4, -0.2) is 11.9 Å². The predicted molar refractivity (Wildman–Crippen MR) is 92.1 cm³/mol. The zero-order chi connectivity index (χ0) is 13.8. The summed E-state index contributed by atoms with van der Waals surface area (Å²) in [7, 11) is 0. The molecule has 1 heterocycles. The fourth-order valence-corrected chi connectivity index (χ4v) is 2.65. The Balaban J connectivity index is 0.00000161. The minimum absolute atomic E-state index is 0. The average molecular weight is 301 g/mol. The minimum atomic E-state index is 0. The molecule has 1 unspecified atom stereocenters. The van der Waals surface area contributed by atoms with Gasteiger partial charge in [0, 0.05) is 19.0 Å². The molecule has 21 heavy (non-hydrogen) atoms. The molecule has 2 aromatic carbocycles. The van der Waals surface area contributed by atoms with Crippen molar-refractivity contribution in [3.8, 4) is 11.1 Å². The van der Waals surface area contributed by atoms with Crippen LogP contribution in [0.25, 0.3) is 11.1 Å². The first-order valence-electron chi connectivity index (χ1n) is 7.27. The number of aliphatic imine (C=N–C) groups is 1. The Kier molecular flexibility index (Phi) is 5.40. The zero-order valence-corrected chi connectivity index (χ0v) is 13.1. The molecule has 2 nitrogen and oxygen atoms in total. The number of nitrogens with one attached hydrogen (secondary N) is 1. The van der Waals surface area contributed by atoms with Crippen LogP contribution in [0.1, 0.15) is 25.3 Å². The van der Waals surface area contributed by atoms with Crippen molar-refractivity contribution in [1.82, 2.24) is 5.32 Å². The van der Waals surface area contributed by atoms with Crippen molar-refractivity contribution in [2.24, 2.45) is 4.99 Å². The van der Waals surface area contributed by atoms with E-state index in [0.29, 0.717) is 6.04 Å². The fourth-order valence-electron chi connectivity index (χ4n) is 2.65. The Morgan fingerprint density at radius 1 is 1.05 bits per heavy atom. The van der Waals surface area contributed by atoms with E-state index in [9.17, 15) is 0 Å². The second-order valence-electron chi connectivity index (χ2n) is 5.34. The Bertz CT molecular complexity index is 608. The first-order valence-corrected chi connectivity index (χ1v) is 7.27. The Morgan fingerprint density at radius 2 is 1.76 bits per heavy atom. The topological polar surface area (TPSA) is 24.4 Å². The minimum Gasteiger partial charge on any atom is -0.370 e. The molecule has 1 aliphatic heterocycles. The van der Waals surface area contributed by atoms with Crippen LogP contribution in [-0.2, 0) is 6.54 Å². The standard InChI is InChI=1S/C18H20N2.ClH/c1-14-11-12-18(20-14)19-13-16-9-5-6-10-17(16)15-7-3-2-4-8-15;/h2-10,14H,11-13H2,1H3,(H,19,20);1H. The number of hydrogen-bond donors (Lipinski definition) is 1. The normalized spacial score (nSPS) is 17.0. The number of nitrogens with zero attached hydrogens (tertiary/aromatic N) is 1. The van der Waals surface area contributed by atoms with E-state index in [1.165, 1.54) is 23.1 Å². The van der Waals surface area contributed by atoms with E-state index in [0.717, 1.165) is 18.8 Å². The summed E-state index contributed by atoms with van der Waals surface area (Å²) in [5, 5.41) is 3.49. The molecule has 2 aromatic rings. The van der Waals surface area contributed by atoms with Gasteiger partial charge in [0.25, 0.3) is 0 Å². The highest BCUT2D eigenvalue weighted by molar-refractivity contribution is 5.85. The van der Waals surface area contributed by atoms with Gasteiger partial charge < -0.3 is 5.32 Å². The van der Waals surface area contributed by atoms with E-state index in [1.54, 1.807) is 0 Å². The van der Waals surface area contributed by atoms with Gasteiger partial charge in [-0.2, -0.15) is 0 Å². The van der Waals surface area contributed by atoms with Crippen molar-refractivity contribution in [2.45, 2.75) is 32.4 Å². The van der Waals surface area contributed by atoms with Crippen LogP contribution in [0, 0.1) is 0 Å². The molecule has 0 amide bonds. The summed E-state index contributed by atoms with van der Waals surface area (Å²) >= 11 is 0. The van der Waals surface area contributed by atoms with Crippen molar-refractivity contribution in [3.05, 3.63) is 60.2 Å². The van der Waals surface area contributed by atoms with Gasteiger partial charge in [-0.15, -0.1) is 12.4 Å². The largest absolute Gasteiger partial charge is 0.370 e. The van der Waals surface area contributed by atoms with E-state index >= 15 is 0 Å². The lowest BCUT2D eigenvalue weighted by Crippen LogP contribution is -2.21. The van der Waals surface area contributed by atoms with Gasteiger partial charge in [-0.3, -0.25) is 4.99 Å². The smallest absolute Gasteiger partial charge is 0.0969 e. The van der Waals surface area contributed by atoms with E-state index in [-0.39, 0.29) is 12.4 Å². The molecule has 110 valence electrons. The highest BCUT2D eigenvalue weighted by Crippen LogP contribution is 2.23. The Labute approximate surface area is 132 Å². The highest BCUT2D eigenvalue weighted by atomic mass is 35.5. The van der Waals surface area contributed by atoms with Gasteiger partial charge in [0.05, 0.1) is 5.84 Å². The molecule has 0 fully saturated rings. The Hall–Kier alpha value is -1.80. The molecular weight excluding hydrogens is 280 g/mol. The summed E-state index contributed by atoms with van der Waals surface area (Å²) in [4.78, 5) is 4.61. The van der Waals surface area contributed by atoms with E-state index in [4.69, 9.17) is 0 Å². The van der Waals surface area contributed by atoms with Gasteiger partial charge in [-0.25, -0.2) is 0 Å². The molecule has 1 atom stereocenters.